The third kappa shape index (κ3) is 5.66. The fourth-order valence-electron chi connectivity index (χ4n) is 1.92. The van der Waals surface area contributed by atoms with Crippen LogP contribution >= 0.6 is 23.8 Å². The molecule has 0 bridgehead atoms. The zero-order valence-corrected chi connectivity index (χ0v) is 14.7. The first-order valence-corrected chi connectivity index (χ1v) is 7.94. The Balaban J connectivity index is 1.99. The molecule has 6 nitrogen and oxygen atoms in total. The number of benzene rings is 2. The Bertz CT molecular complexity index is 851. The number of halogens is 1. The van der Waals surface area contributed by atoms with Crippen molar-refractivity contribution in [3.63, 3.8) is 0 Å². The fourth-order valence-corrected chi connectivity index (χ4v) is 2.30. The standard InChI is InChI=1S/C17H14ClN3O3S/c1-11-2-4-12(5-3-11)6-9-16(22)20-17(25)19-14-8-7-13(18)10-15(14)21(23)24/h2-10H,1H3,(H2,19,20,22,25). The first-order chi connectivity index (χ1) is 11.8. The van der Waals surface area contributed by atoms with Crippen LogP contribution in [0.1, 0.15) is 11.1 Å². The lowest BCUT2D eigenvalue weighted by atomic mass is 10.1. The summed E-state index contributed by atoms with van der Waals surface area (Å²) in [6.45, 7) is 1.97. The molecule has 0 radical (unpaired) electrons. The van der Waals surface area contributed by atoms with Gasteiger partial charge in [0, 0.05) is 17.2 Å². The Labute approximate surface area is 154 Å². The number of hydrogen-bond acceptors (Lipinski definition) is 4. The number of nitrogens with zero attached hydrogens (tertiary/aromatic N) is 1. The van der Waals surface area contributed by atoms with Crippen molar-refractivity contribution in [2.45, 2.75) is 6.92 Å². The monoisotopic (exact) mass is 375 g/mol. The van der Waals surface area contributed by atoms with Crippen LogP contribution in [0.2, 0.25) is 5.02 Å². The van der Waals surface area contributed by atoms with Gasteiger partial charge in [-0.25, -0.2) is 0 Å². The predicted octanol–water partition coefficient (Wildman–Crippen LogP) is 4.08. The highest BCUT2D eigenvalue weighted by Gasteiger charge is 2.15. The van der Waals surface area contributed by atoms with E-state index in [1.807, 2.05) is 31.2 Å². The second-order valence-corrected chi connectivity index (χ2v) is 5.95. The van der Waals surface area contributed by atoms with E-state index in [4.69, 9.17) is 23.8 Å². The molecule has 2 N–H and O–H groups in total. The second kappa shape index (κ2) is 8.36. The highest BCUT2D eigenvalue weighted by molar-refractivity contribution is 7.80. The quantitative estimate of drug-likeness (QED) is 0.364. The molecule has 2 aromatic rings. The lowest BCUT2D eigenvalue weighted by Gasteiger charge is -2.08. The molecule has 0 aromatic heterocycles. The number of aryl methyl sites for hydroxylation is 1. The Morgan fingerprint density at radius 1 is 1.24 bits per heavy atom. The predicted molar refractivity (Wildman–Crippen MR) is 103 cm³/mol. The molecule has 0 fully saturated rings. The number of nitrogens with one attached hydrogen (secondary N) is 2. The number of carbonyl (C=O) groups is 1. The lowest BCUT2D eigenvalue weighted by Crippen LogP contribution is -2.33. The van der Waals surface area contributed by atoms with E-state index in [-0.39, 0.29) is 21.5 Å². The van der Waals surface area contributed by atoms with E-state index in [1.54, 1.807) is 6.08 Å². The van der Waals surface area contributed by atoms with Gasteiger partial charge in [0.25, 0.3) is 5.69 Å². The lowest BCUT2D eigenvalue weighted by molar-refractivity contribution is -0.383. The highest BCUT2D eigenvalue weighted by atomic mass is 35.5. The summed E-state index contributed by atoms with van der Waals surface area (Å²) in [6.07, 6.45) is 2.97. The first-order valence-electron chi connectivity index (χ1n) is 7.16. The summed E-state index contributed by atoms with van der Waals surface area (Å²) in [5.74, 6) is -0.449. The summed E-state index contributed by atoms with van der Waals surface area (Å²) in [5, 5.41) is 16.3. The molecule has 0 saturated carbocycles. The van der Waals surface area contributed by atoms with Gasteiger partial charge in [0.2, 0.25) is 5.91 Å². The fraction of sp³-hybridized carbons (Fsp3) is 0.0588. The molecule has 2 rings (SSSR count). The van der Waals surface area contributed by atoms with Crippen molar-refractivity contribution in [1.82, 2.24) is 5.32 Å². The zero-order chi connectivity index (χ0) is 18.4. The van der Waals surface area contributed by atoms with Crippen LogP contribution in [0.5, 0.6) is 0 Å². The van der Waals surface area contributed by atoms with Gasteiger partial charge in [-0.05, 0) is 42.9 Å². The Kier molecular flexibility index (Phi) is 6.21. The first kappa shape index (κ1) is 18.6. The SMILES string of the molecule is Cc1ccc(C=CC(=O)NC(=S)Nc2ccc(Cl)cc2[N+](=O)[O-])cc1. The average Bonchev–Trinajstić information content (AvgIpc) is 2.55. The molecule has 25 heavy (non-hydrogen) atoms. The van der Waals surface area contributed by atoms with E-state index in [1.165, 1.54) is 24.3 Å². The number of hydrogen-bond donors (Lipinski definition) is 2. The van der Waals surface area contributed by atoms with Crippen LogP contribution in [-0.2, 0) is 4.79 Å². The summed E-state index contributed by atoms with van der Waals surface area (Å²) in [6, 6.07) is 11.7. The molecule has 0 spiro atoms. The summed E-state index contributed by atoms with van der Waals surface area (Å²) in [5.41, 5.74) is 1.89. The van der Waals surface area contributed by atoms with Crippen molar-refractivity contribution in [2.24, 2.45) is 0 Å². The van der Waals surface area contributed by atoms with Crippen LogP contribution in [0.3, 0.4) is 0 Å². The smallest absolute Gasteiger partial charge is 0.294 e. The van der Waals surface area contributed by atoms with Gasteiger partial charge in [0.05, 0.1) is 4.92 Å². The molecular formula is C17H14ClN3O3S. The van der Waals surface area contributed by atoms with Gasteiger partial charge in [-0.3, -0.25) is 20.2 Å². The third-order valence-electron chi connectivity index (χ3n) is 3.15. The van der Waals surface area contributed by atoms with Crippen molar-refractivity contribution >= 4 is 52.3 Å². The number of thiocarbonyl (C=S) groups is 1. The number of rotatable bonds is 4. The van der Waals surface area contributed by atoms with Crippen molar-refractivity contribution in [2.75, 3.05) is 5.32 Å². The summed E-state index contributed by atoms with van der Waals surface area (Å²) in [4.78, 5) is 22.3. The molecule has 0 saturated heterocycles. The Morgan fingerprint density at radius 3 is 2.56 bits per heavy atom. The summed E-state index contributed by atoms with van der Waals surface area (Å²) in [7, 11) is 0. The Morgan fingerprint density at radius 2 is 1.92 bits per heavy atom. The van der Waals surface area contributed by atoms with Crippen LogP contribution in [0.4, 0.5) is 11.4 Å². The number of nitro benzene ring substituents is 1. The highest BCUT2D eigenvalue weighted by Crippen LogP contribution is 2.27. The summed E-state index contributed by atoms with van der Waals surface area (Å²) < 4.78 is 0. The van der Waals surface area contributed by atoms with E-state index in [2.05, 4.69) is 10.6 Å². The number of amides is 1. The molecule has 0 aliphatic heterocycles. The van der Waals surface area contributed by atoms with Gasteiger partial charge in [-0.15, -0.1) is 0 Å². The minimum atomic E-state index is -0.587. The van der Waals surface area contributed by atoms with Gasteiger partial charge in [-0.2, -0.15) is 0 Å². The van der Waals surface area contributed by atoms with Gasteiger partial charge in [0.1, 0.15) is 5.69 Å². The number of nitro groups is 1. The molecule has 0 atom stereocenters. The maximum absolute atomic E-state index is 11.9. The average molecular weight is 376 g/mol. The Hall–Kier alpha value is -2.77. The zero-order valence-electron chi connectivity index (χ0n) is 13.2. The van der Waals surface area contributed by atoms with E-state index >= 15 is 0 Å². The van der Waals surface area contributed by atoms with Gasteiger partial charge >= 0.3 is 0 Å². The van der Waals surface area contributed by atoms with Crippen LogP contribution in [-0.4, -0.2) is 15.9 Å². The van der Waals surface area contributed by atoms with Gasteiger partial charge in [-0.1, -0.05) is 41.4 Å². The number of anilines is 1. The molecule has 2 aromatic carbocycles. The van der Waals surface area contributed by atoms with E-state index in [0.29, 0.717) is 0 Å². The summed E-state index contributed by atoms with van der Waals surface area (Å²) >= 11 is 10.8. The second-order valence-electron chi connectivity index (χ2n) is 5.11. The van der Waals surface area contributed by atoms with Crippen LogP contribution < -0.4 is 10.6 Å². The van der Waals surface area contributed by atoms with Crippen molar-refractivity contribution in [3.8, 4) is 0 Å². The number of carbonyl (C=O) groups excluding carboxylic acids is 1. The largest absolute Gasteiger partial charge is 0.327 e. The van der Waals surface area contributed by atoms with Crippen LogP contribution in [0.15, 0.2) is 48.5 Å². The van der Waals surface area contributed by atoms with Crippen molar-refractivity contribution < 1.29 is 9.72 Å². The minimum Gasteiger partial charge on any atom is -0.327 e. The molecule has 0 aliphatic carbocycles. The van der Waals surface area contributed by atoms with E-state index < -0.39 is 10.8 Å². The van der Waals surface area contributed by atoms with E-state index in [0.717, 1.165) is 11.1 Å². The molecule has 1 amide bonds. The molecule has 128 valence electrons. The van der Waals surface area contributed by atoms with Crippen molar-refractivity contribution in [1.29, 1.82) is 0 Å². The van der Waals surface area contributed by atoms with Gasteiger partial charge < -0.3 is 5.32 Å². The molecule has 0 heterocycles. The van der Waals surface area contributed by atoms with Crippen LogP contribution in [0.25, 0.3) is 6.08 Å². The molecule has 0 aliphatic rings. The van der Waals surface area contributed by atoms with Gasteiger partial charge in [0.15, 0.2) is 5.11 Å². The molecular weight excluding hydrogens is 362 g/mol. The molecule has 8 heteroatoms. The van der Waals surface area contributed by atoms with Crippen molar-refractivity contribution in [3.05, 3.63) is 74.8 Å². The third-order valence-corrected chi connectivity index (χ3v) is 3.59. The minimum absolute atomic E-state index is 0.0519. The maximum Gasteiger partial charge on any atom is 0.294 e. The van der Waals surface area contributed by atoms with E-state index in [9.17, 15) is 14.9 Å². The van der Waals surface area contributed by atoms with Crippen LogP contribution in [0, 0.1) is 17.0 Å². The normalized spacial score (nSPS) is 10.5. The molecule has 0 unspecified atom stereocenters. The maximum atomic E-state index is 11.9. The topological polar surface area (TPSA) is 84.3 Å².